The largest absolute Gasteiger partial charge is 1.00 e. The molecule has 0 radical (unpaired) electrons. The Morgan fingerprint density at radius 2 is 1.60 bits per heavy atom. The van der Waals surface area contributed by atoms with Crippen molar-refractivity contribution in [3.63, 3.8) is 0 Å². The molecule has 1 rings (SSSR count). The number of amides is 1. The van der Waals surface area contributed by atoms with Gasteiger partial charge in [0.1, 0.15) is 5.75 Å². The molecule has 0 saturated heterocycles. The number of methoxy groups -OCH3 is 1. The van der Waals surface area contributed by atoms with Crippen LogP contribution in [0.4, 0.5) is 4.79 Å². The Morgan fingerprint density at radius 1 is 1.15 bits per heavy atom. The third kappa shape index (κ3) is 17.1. The van der Waals surface area contributed by atoms with Crippen LogP contribution in [0.1, 0.15) is 12.5 Å². The number of nitrogens with one attached hydrogen (secondary N) is 1. The van der Waals surface area contributed by atoms with E-state index in [2.05, 4.69) is 5.32 Å². The summed E-state index contributed by atoms with van der Waals surface area (Å²) < 4.78 is 5.04. The standard InChI is InChI=1S/C11H15NO2.CH2O3.2K/c1-9(13)12-8-7-10-3-5-11(14-2)6-4-10;2-1(3)4;;/h3-6H,7-8H2,1-2H3,(H,12,13);(H2,2,3,4);;/q;;2*+1/p-2. The molecule has 0 aliphatic heterocycles. The fourth-order valence-electron chi connectivity index (χ4n) is 1.18. The van der Waals surface area contributed by atoms with Crippen LogP contribution in [0.15, 0.2) is 24.3 Å². The molecule has 1 N–H and O–H groups in total. The van der Waals surface area contributed by atoms with Gasteiger partial charge in [-0.3, -0.25) is 4.79 Å². The molecule has 0 unspecified atom stereocenters. The van der Waals surface area contributed by atoms with Crippen LogP contribution in [0.2, 0.25) is 0 Å². The molecule has 100 valence electrons. The molecule has 0 aliphatic carbocycles. The van der Waals surface area contributed by atoms with Gasteiger partial charge >= 0.3 is 103 Å². The zero-order valence-electron chi connectivity index (χ0n) is 12.3. The summed E-state index contributed by atoms with van der Waals surface area (Å²) in [6, 6.07) is 7.84. The van der Waals surface area contributed by atoms with E-state index in [1.807, 2.05) is 24.3 Å². The molecule has 0 spiro atoms. The summed E-state index contributed by atoms with van der Waals surface area (Å²) in [6.45, 7) is 2.20. The summed E-state index contributed by atoms with van der Waals surface area (Å²) in [5, 5.41) is 19.4. The SMILES string of the molecule is COc1ccc(CCNC(C)=O)cc1.O=C([O-])[O-].[K+].[K+]. The monoisotopic (exact) mass is 331 g/mol. The number of carbonyl (C=O) groups is 2. The van der Waals surface area contributed by atoms with Gasteiger partial charge in [-0.1, -0.05) is 12.1 Å². The van der Waals surface area contributed by atoms with E-state index >= 15 is 0 Å². The van der Waals surface area contributed by atoms with Crippen molar-refractivity contribution in [2.45, 2.75) is 13.3 Å². The van der Waals surface area contributed by atoms with E-state index in [0.717, 1.165) is 12.2 Å². The third-order valence-electron chi connectivity index (χ3n) is 1.95. The van der Waals surface area contributed by atoms with Gasteiger partial charge in [-0.25, -0.2) is 0 Å². The summed E-state index contributed by atoms with van der Waals surface area (Å²) in [6.07, 6.45) is -1.48. The predicted octanol–water partition coefficient (Wildman–Crippen LogP) is -7.07. The summed E-state index contributed by atoms with van der Waals surface area (Å²) in [7, 11) is 1.65. The number of ether oxygens (including phenoxy) is 1. The molecule has 0 heterocycles. The summed E-state index contributed by atoms with van der Waals surface area (Å²) in [4.78, 5) is 18.9. The second-order valence-corrected chi connectivity index (χ2v) is 3.33. The minimum Gasteiger partial charge on any atom is -0.652 e. The van der Waals surface area contributed by atoms with Crippen molar-refractivity contribution in [2.75, 3.05) is 13.7 Å². The van der Waals surface area contributed by atoms with Crippen molar-refractivity contribution in [1.82, 2.24) is 5.32 Å². The van der Waals surface area contributed by atoms with Crippen LogP contribution >= 0.6 is 0 Å². The minimum absolute atomic E-state index is 0. The van der Waals surface area contributed by atoms with E-state index in [4.69, 9.17) is 19.7 Å². The quantitative estimate of drug-likeness (QED) is 0.553. The Bertz CT molecular complexity index is 380. The Hall–Kier alpha value is 1.03. The van der Waals surface area contributed by atoms with Crippen LogP contribution in [-0.2, 0) is 11.2 Å². The second-order valence-electron chi connectivity index (χ2n) is 3.33. The molecule has 1 amide bonds. The summed E-state index contributed by atoms with van der Waals surface area (Å²) in [5.41, 5.74) is 1.19. The van der Waals surface area contributed by atoms with Crippen molar-refractivity contribution >= 4 is 12.1 Å². The van der Waals surface area contributed by atoms with Gasteiger partial charge in [0.05, 0.1) is 7.11 Å². The molecular weight excluding hydrogens is 316 g/mol. The first-order chi connectivity index (χ1) is 8.45. The fraction of sp³-hybridized carbons (Fsp3) is 0.333. The summed E-state index contributed by atoms with van der Waals surface area (Å²) >= 11 is 0. The molecule has 0 bridgehead atoms. The number of carboxylic acid groups (broad SMARTS) is 2. The van der Waals surface area contributed by atoms with Crippen LogP contribution < -0.4 is 123 Å². The number of hydrogen-bond acceptors (Lipinski definition) is 5. The maximum absolute atomic E-state index is 10.6. The smallest absolute Gasteiger partial charge is 0.652 e. The molecule has 6 nitrogen and oxygen atoms in total. The zero-order chi connectivity index (χ0) is 14.0. The number of hydrogen-bond donors (Lipinski definition) is 1. The Labute approximate surface area is 203 Å². The van der Waals surface area contributed by atoms with E-state index in [1.54, 1.807) is 7.11 Å². The second kappa shape index (κ2) is 16.4. The summed E-state index contributed by atoms with van der Waals surface area (Å²) in [5.74, 6) is 0.867. The fourth-order valence-corrected chi connectivity index (χ4v) is 1.18. The Morgan fingerprint density at radius 3 is 1.95 bits per heavy atom. The third-order valence-corrected chi connectivity index (χ3v) is 1.95. The average molecular weight is 331 g/mol. The van der Waals surface area contributed by atoms with Crippen molar-refractivity contribution in [3.8, 4) is 5.75 Å². The predicted molar refractivity (Wildman–Crippen MR) is 60.8 cm³/mol. The molecule has 0 aliphatic rings. The van der Waals surface area contributed by atoms with Gasteiger partial charge in [0.25, 0.3) is 0 Å². The number of rotatable bonds is 4. The van der Waals surface area contributed by atoms with Gasteiger partial charge in [0.2, 0.25) is 5.91 Å². The van der Waals surface area contributed by atoms with Crippen LogP contribution in [0.5, 0.6) is 5.75 Å². The molecule has 1 aromatic carbocycles. The zero-order valence-corrected chi connectivity index (χ0v) is 18.5. The maximum Gasteiger partial charge on any atom is 1.00 e. The van der Waals surface area contributed by atoms with Crippen molar-refractivity contribution in [2.24, 2.45) is 0 Å². The van der Waals surface area contributed by atoms with E-state index < -0.39 is 6.16 Å². The molecule has 0 saturated carbocycles. The molecule has 0 fully saturated rings. The molecule has 0 aromatic heterocycles. The topological polar surface area (TPSA) is 102 Å². The van der Waals surface area contributed by atoms with Gasteiger partial charge < -0.3 is 25.1 Å². The average Bonchev–Trinajstić information content (AvgIpc) is 2.29. The van der Waals surface area contributed by atoms with Crippen LogP contribution in [0.3, 0.4) is 0 Å². The molecular formula is C12H15K2NO5. The number of carbonyl (C=O) groups excluding carboxylic acids is 2. The van der Waals surface area contributed by atoms with E-state index in [1.165, 1.54) is 12.5 Å². The molecule has 1 aromatic rings. The first-order valence-electron chi connectivity index (χ1n) is 5.21. The van der Waals surface area contributed by atoms with Crippen LogP contribution in [0, 0.1) is 0 Å². The minimum atomic E-state index is -2.33. The first-order valence-corrected chi connectivity index (χ1v) is 5.21. The van der Waals surface area contributed by atoms with Crippen LogP contribution in [0.25, 0.3) is 0 Å². The van der Waals surface area contributed by atoms with Crippen molar-refractivity contribution in [1.29, 1.82) is 0 Å². The van der Waals surface area contributed by atoms with E-state index in [9.17, 15) is 4.79 Å². The van der Waals surface area contributed by atoms with E-state index in [-0.39, 0.29) is 109 Å². The normalized spacial score (nSPS) is 7.90. The van der Waals surface area contributed by atoms with E-state index in [0.29, 0.717) is 6.54 Å². The van der Waals surface area contributed by atoms with Crippen molar-refractivity contribution < 1.29 is 127 Å². The number of benzene rings is 1. The van der Waals surface area contributed by atoms with Gasteiger partial charge in [-0.05, 0) is 30.3 Å². The molecule has 0 atom stereocenters. The van der Waals surface area contributed by atoms with Gasteiger partial charge in [0, 0.05) is 13.5 Å². The molecule has 20 heavy (non-hydrogen) atoms. The van der Waals surface area contributed by atoms with Gasteiger partial charge in [-0.15, -0.1) is 0 Å². The van der Waals surface area contributed by atoms with Gasteiger partial charge in [0.15, 0.2) is 0 Å². The van der Waals surface area contributed by atoms with Gasteiger partial charge in [-0.2, -0.15) is 0 Å². The Kier molecular flexibility index (Phi) is 21.3. The van der Waals surface area contributed by atoms with Crippen LogP contribution in [-0.4, -0.2) is 25.7 Å². The first kappa shape index (κ1) is 26.0. The Balaban J connectivity index is -0.000000429. The van der Waals surface area contributed by atoms with Crippen molar-refractivity contribution in [3.05, 3.63) is 29.8 Å². The molecule has 8 heteroatoms. The maximum atomic E-state index is 10.6.